The summed E-state index contributed by atoms with van der Waals surface area (Å²) in [5, 5.41) is 0. The summed E-state index contributed by atoms with van der Waals surface area (Å²) in [5.74, 6) is 1.53. The van der Waals surface area contributed by atoms with Crippen LogP contribution < -0.4 is 4.74 Å². The normalized spacial score (nSPS) is 21.2. The fourth-order valence-electron chi connectivity index (χ4n) is 5.73. The average molecular weight is 459 g/mol. The van der Waals surface area contributed by atoms with E-state index in [9.17, 15) is 14.0 Å². The number of hydrogen-bond acceptors (Lipinski definition) is 3. The molecule has 182 valence electrons. The smallest absolute Gasteiger partial charge is 0.223 e. The van der Waals surface area contributed by atoms with E-state index in [4.69, 9.17) is 4.74 Å². The number of rotatable bonds is 8. The van der Waals surface area contributed by atoms with Gasteiger partial charge in [0, 0.05) is 44.4 Å². The number of benzene rings is 1. The highest BCUT2D eigenvalue weighted by Crippen LogP contribution is 2.37. The van der Waals surface area contributed by atoms with Gasteiger partial charge in [0.15, 0.2) is 0 Å². The lowest BCUT2D eigenvalue weighted by atomic mass is 9.75. The number of carbonyl (C=O) groups is 2. The first-order valence-corrected chi connectivity index (χ1v) is 13.0. The van der Waals surface area contributed by atoms with Gasteiger partial charge in [-0.2, -0.15) is 0 Å². The fraction of sp³-hybridized carbons (Fsp3) is 0.704. The SMILES string of the molecule is O=C(CCC1CCCC1)N1CCC(COc2ccc(F)cc2)(CC(=O)N2CCCCC2)CC1. The number of piperidine rings is 2. The van der Waals surface area contributed by atoms with Crippen LogP contribution in [0.5, 0.6) is 5.75 Å². The van der Waals surface area contributed by atoms with Gasteiger partial charge in [0.2, 0.25) is 11.8 Å². The molecule has 4 rings (SSSR count). The molecule has 33 heavy (non-hydrogen) atoms. The molecular formula is C27H39FN2O3. The number of likely N-dealkylation sites (tertiary alicyclic amines) is 2. The van der Waals surface area contributed by atoms with Crippen LogP contribution in [0.4, 0.5) is 4.39 Å². The van der Waals surface area contributed by atoms with Crippen LogP contribution in [-0.2, 0) is 9.59 Å². The van der Waals surface area contributed by atoms with Crippen LogP contribution in [0.3, 0.4) is 0 Å². The minimum absolute atomic E-state index is 0.207. The van der Waals surface area contributed by atoms with E-state index in [1.165, 1.54) is 44.2 Å². The van der Waals surface area contributed by atoms with Gasteiger partial charge in [-0.3, -0.25) is 9.59 Å². The van der Waals surface area contributed by atoms with Crippen molar-refractivity contribution in [3.63, 3.8) is 0 Å². The van der Waals surface area contributed by atoms with Crippen molar-refractivity contribution in [3.05, 3.63) is 30.1 Å². The van der Waals surface area contributed by atoms with E-state index in [1.54, 1.807) is 12.1 Å². The van der Waals surface area contributed by atoms with Gasteiger partial charge in [0.25, 0.3) is 0 Å². The van der Waals surface area contributed by atoms with Gasteiger partial charge in [-0.25, -0.2) is 4.39 Å². The first-order chi connectivity index (χ1) is 16.0. The highest BCUT2D eigenvalue weighted by atomic mass is 19.1. The molecule has 1 saturated carbocycles. The van der Waals surface area contributed by atoms with Crippen molar-refractivity contribution in [2.75, 3.05) is 32.8 Å². The first kappa shape index (κ1) is 24.0. The second-order valence-corrected chi connectivity index (χ2v) is 10.4. The lowest BCUT2D eigenvalue weighted by Crippen LogP contribution is -2.48. The molecule has 2 aliphatic heterocycles. The second kappa shape index (κ2) is 11.3. The van der Waals surface area contributed by atoms with Crippen molar-refractivity contribution in [1.29, 1.82) is 0 Å². The first-order valence-electron chi connectivity index (χ1n) is 13.0. The molecule has 0 spiro atoms. The van der Waals surface area contributed by atoms with Crippen molar-refractivity contribution >= 4 is 11.8 Å². The summed E-state index contributed by atoms with van der Waals surface area (Å²) in [7, 11) is 0. The van der Waals surface area contributed by atoms with E-state index in [1.807, 2.05) is 9.80 Å². The number of ether oxygens (including phenoxy) is 1. The second-order valence-electron chi connectivity index (χ2n) is 10.4. The lowest BCUT2D eigenvalue weighted by Gasteiger charge is -2.42. The van der Waals surface area contributed by atoms with Crippen molar-refractivity contribution < 1.29 is 18.7 Å². The highest BCUT2D eigenvalue weighted by molar-refractivity contribution is 5.78. The summed E-state index contributed by atoms with van der Waals surface area (Å²) < 4.78 is 19.3. The van der Waals surface area contributed by atoms with Crippen LogP contribution in [0.25, 0.3) is 0 Å². The van der Waals surface area contributed by atoms with Crippen molar-refractivity contribution in [2.24, 2.45) is 11.3 Å². The third-order valence-electron chi connectivity index (χ3n) is 8.01. The fourth-order valence-corrected chi connectivity index (χ4v) is 5.73. The maximum absolute atomic E-state index is 13.3. The molecule has 5 nitrogen and oxygen atoms in total. The van der Waals surface area contributed by atoms with Crippen molar-refractivity contribution in [1.82, 2.24) is 9.80 Å². The molecule has 0 aromatic heterocycles. The van der Waals surface area contributed by atoms with Crippen LogP contribution in [0.1, 0.15) is 77.0 Å². The summed E-state index contributed by atoms with van der Waals surface area (Å²) in [6.45, 7) is 3.48. The Kier molecular flexibility index (Phi) is 8.26. The zero-order valence-electron chi connectivity index (χ0n) is 19.9. The molecule has 0 radical (unpaired) electrons. The molecule has 1 aromatic rings. The van der Waals surface area contributed by atoms with Crippen LogP contribution in [0.2, 0.25) is 0 Å². The Morgan fingerprint density at radius 3 is 2.18 bits per heavy atom. The molecule has 2 amide bonds. The van der Waals surface area contributed by atoms with Crippen molar-refractivity contribution in [3.8, 4) is 5.75 Å². The van der Waals surface area contributed by atoms with Crippen LogP contribution in [0, 0.1) is 17.2 Å². The molecule has 1 aliphatic carbocycles. The topological polar surface area (TPSA) is 49.9 Å². The largest absolute Gasteiger partial charge is 0.493 e. The molecule has 2 heterocycles. The van der Waals surface area contributed by atoms with E-state index >= 15 is 0 Å². The quantitative estimate of drug-likeness (QED) is 0.539. The molecule has 0 unspecified atom stereocenters. The predicted octanol–water partition coefficient (Wildman–Crippen LogP) is 5.19. The van der Waals surface area contributed by atoms with Crippen molar-refractivity contribution in [2.45, 2.75) is 77.0 Å². The van der Waals surface area contributed by atoms with E-state index in [0.717, 1.165) is 51.1 Å². The molecule has 3 fully saturated rings. The van der Waals surface area contributed by atoms with Crippen LogP contribution in [0.15, 0.2) is 24.3 Å². The number of halogens is 1. The Bertz CT molecular complexity index is 777. The molecule has 1 aromatic carbocycles. The van der Waals surface area contributed by atoms with E-state index in [-0.39, 0.29) is 23.0 Å². The third-order valence-corrected chi connectivity index (χ3v) is 8.01. The summed E-state index contributed by atoms with van der Waals surface area (Å²) in [6, 6.07) is 6.06. The number of nitrogens with zero attached hydrogens (tertiary/aromatic N) is 2. The molecule has 0 atom stereocenters. The summed E-state index contributed by atoms with van der Waals surface area (Å²) in [6.07, 6.45) is 12.2. The number of hydrogen-bond donors (Lipinski definition) is 0. The average Bonchev–Trinajstić information content (AvgIpc) is 3.37. The van der Waals surface area contributed by atoms with Gasteiger partial charge in [0.1, 0.15) is 11.6 Å². The maximum Gasteiger partial charge on any atom is 0.223 e. The Morgan fingerprint density at radius 2 is 1.52 bits per heavy atom. The van der Waals surface area contributed by atoms with E-state index < -0.39 is 0 Å². The molecule has 0 bridgehead atoms. The Balaban J connectivity index is 1.35. The molecule has 6 heteroatoms. The van der Waals surface area contributed by atoms with E-state index in [2.05, 4.69) is 0 Å². The predicted molar refractivity (Wildman–Crippen MR) is 126 cm³/mol. The van der Waals surface area contributed by atoms with Gasteiger partial charge in [-0.05, 0) is 68.7 Å². The highest BCUT2D eigenvalue weighted by Gasteiger charge is 2.39. The number of amides is 2. The monoisotopic (exact) mass is 458 g/mol. The van der Waals surface area contributed by atoms with Gasteiger partial charge in [-0.15, -0.1) is 0 Å². The molecule has 3 aliphatic rings. The summed E-state index contributed by atoms with van der Waals surface area (Å²) >= 11 is 0. The van der Waals surface area contributed by atoms with Gasteiger partial charge < -0.3 is 14.5 Å². The van der Waals surface area contributed by atoms with E-state index in [0.29, 0.717) is 38.3 Å². The minimum Gasteiger partial charge on any atom is -0.493 e. The summed E-state index contributed by atoms with van der Waals surface area (Å²) in [4.78, 5) is 30.0. The van der Waals surface area contributed by atoms with Crippen LogP contribution >= 0.6 is 0 Å². The van der Waals surface area contributed by atoms with Gasteiger partial charge >= 0.3 is 0 Å². The Hall–Kier alpha value is -2.11. The van der Waals surface area contributed by atoms with Gasteiger partial charge in [-0.1, -0.05) is 25.7 Å². The maximum atomic E-state index is 13.3. The van der Waals surface area contributed by atoms with Crippen LogP contribution in [-0.4, -0.2) is 54.4 Å². The number of carbonyl (C=O) groups excluding carboxylic acids is 2. The standard InChI is InChI=1S/C27H39FN2O3/c28-23-9-11-24(12-10-23)33-21-27(20-26(32)29-16-4-1-5-17-29)14-18-30(19-15-27)25(31)13-8-22-6-2-3-7-22/h9-12,22H,1-8,13-21H2. The third kappa shape index (κ3) is 6.70. The minimum atomic E-state index is -0.290. The lowest BCUT2D eigenvalue weighted by molar-refractivity contribution is -0.138. The Morgan fingerprint density at radius 1 is 0.879 bits per heavy atom. The zero-order valence-corrected chi connectivity index (χ0v) is 19.9. The Labute approximate surface area is 197 Å². The molecule has 0 N–H and O–H groups in total. The molecular weight excluding hydrogens is 419 g/mol. The van der Waals surface area contributed by atoms with Gasteiger partial charge in [0.05, 0.1) is 6.61 Å². The summed E-state index contributed by atoms with van der Waals surface area (Å²) in [5.41, 5.74) is -0.287. The molecule has 2 saturated heterocycles. The zero-order chi connectivity index (χ0) is 23.1.